The van der Waals surface area contributed by atoms with Crippen molar-refractivity contribution in [3.8, 4) is 0 Å². The molecule has 4 rings (SSSR count). The molecule has 0 N–H and O–H groups in total. The van der Waals surface area contributed by atoms with E-state index in [1.165, 1.54) is 36.4 Å². The largest absolute Gasteiger partial charge is 0.268 e. The van der Waals surface area contributed by atoms with Crippen LogP contribution in [-0.4, -0.2) is 36.5 Å². The molecular formula is C20H15F4NO2. The number of imide groups is 1. The second kappa shape index (κ2) is 6.48. The number of amides is 2. The van der Waals surface area contributed by atoms with Crippen LogP contribution in [0, 0.1) is 0 Å². The van der Waals surface area contributed by atoms with E-state index in [1.807, 2.05) is 0 Å². The standard InChI is InChI=1S/C20H15F4NO2/c21-13-9-14(22)18(24)16(17(13)23)12-7-3-4-8-15(12)25-19(26)10-5-1-2-6-11(10)20(25)27/h1-8,13-14,16-18H,9H2. The number of hydrogen-bond donors (Lipinski definition) is 0. The molecule has 7 heteroatoms. The van der Waals surface area contributed by atoms with E-state index < -0.39 is 48.8 Å². The van der Waals surface area contributed by atoms with E-state index in [0.29, 0.717) is 0 Å². The van der Waals surface area contributed by atoms with Gasteiger partial charge in [0.15, 0.2) is 0 Å². The molecule has 4 unspecified atom stereocenters. The second-order valence-corrected chi connectivity index (χ2v) is 6.73. The minimum absolute atomic E-state index is 0.0553. The summed E-state index contributed by atoms with van der Waals surface area (Å²) in [6.45, 7) is 0. The predicted octanol–water partition coefficient (Wildman–Crippen LogP) is 4.33. The van der Waals surface area contributed by atoms with Crippen LogP contribution in [0.5, 0.6) is 0 Å². The summed E-state index contributed by atoms with van der Waals surface area (Å²) >= 11 is 0. The van der Waals surface area contributed by atoms with E-state index in [4.69, 9.17) is 0 Å². The Morgan fingerprint density at radius 1 is 0.741 bits per heavy atom. The van der Waals surface area contributed by atoms with Gasteiger partial charge in [0, 0.05) is 6.42 Å². The monoisotopic (exact) mass is 377 g/mol. The summed E-state index contributed by atoms with van der Waals surface area (Å²) < 4.78 is 56.8. The zero-order chi connectivity index (χ0) is 19.3. The molecule has 0 aromatic heterocycles. The van der Waals surface area contributed by atoms with Gasteiger partial charge in [0.1, 0.15) is 24.7 Å². The molecule has 1 aliphatic carbocycles. The van der Waals surface area contributed by atoms with Gasteiger partial charge in [-0.1, -0.05) is 30.3 Å². The van der Waals surface area contributed by atoms with E-state index >= 15 is 0 Å². The quantitative estimate of drug-likeness (QED) is 0.577. The summed E-state index contributed by atoms with van der Waals surface area (Å²) in [5.74, 6) is -3.03. The van der Waals surface area contributed by atoms with Crippen LogP contribution in [-0.2, 0) is 0 Å². The fraction of sp³-hybridized carbons (Fsp3) is 0.300. The SMILES string of the molecule is O=C1c2ccccc2C(=O)N1c1ccccc1C1C(F)C(F)CC(F)C1F. The lowest BCUT2D eigenvalue weighted by Gasteiger charge is -2.36. The Kier molecular flexibility index (Phi) is 4.25. The van der Waals surface area contributed by atoms with Gasteiger partial charge < -0.3 is 0 Å². The van der Waals surface area contributed by atoms with E-state index in [0.717, 1.165) is 4.90 Å². The van der Waals surface area contributed by atoms with Gasteiger partial charge in [0.2, 0.25) is 0 Å². The molecule has 2 amide bonds. The van der Waals surface area contributed by atoms with Crippen LogP contribution in [0.3, 0.4) is 0 Å². The van der Waals surface area contributed by atoms with E-state index in [-0.39, 0.29) is 22.4 Å². The number of hydrogen-bond acceptors (Lipinski definition) is 2. The van der Waals surface area contributed by atoms with Crippen LogP contribution in [0.15, 0.2) is 48.5 Å². The van der Waals surface area contributed by atoms with Crippen LogP contribution >= 0.6 is 0 Å². The predicted molar refractivity (Wildman–Crippen MR) is 91.0 cm³/mol. The lowest BCUT2D eigenvalue weighted by atomic mass is 9.78. The molecule has 2 aromatic rings. The maximum Gasteiger partial charge on any atom is 0.266 e. The normalized spacial score (nSPS) is 30.5. The van der Waals surface area contributed by atoms with Crippen molar-refractivity contribution in [2.75, 3.05) is 4.90 Å². The Morgan fingerprint density at radius 2 is 1.22 bits per heavy atom. The lowest BCUT2D eigenvalue weighted by Crippen LogP contribution is -2.44. The first-order valence-corrected chi connectivity index (χ1v) is 8.55. The van der Waals surface area contributed by atoms with Gasteiger partial charge >= 0.3 is 0 Å². The highest BCUT2D eigenvalue weighted by Crippen LogP contribution is 2.44. The Morgan fingerprint density at radius 3 is 1.78 bits per heavy atom. The third kappa shape index (κ3) is 2.64. The van der Waals surface area contributed by atoms with Crippen LogP contribution in [0.25, 0.3) is 0 Å². The fourth-order valence-corrected chi connectivity index (χ4v) is 3.82. The maximum absolute atomic E-state index is 14.5. The molecule has 0 radical (unpaired) electrons. The van der Waals surface area contributed by atoms with Crippen molar-refractivity contribution in [3.63, 3.8) is 0 Å². The summed E-state index contributed by atoms with van der Waals surface area (Å²) in [7, 11) is 0. The van der Waals surface area contributed by atoms with Crippen molar-refractivity contribution >= 4 is 17.5 Å². The summed E-state index contributed by atoms with van der Waals surface area (Å²) in [6, 6.07) is 11.7. The minimum Gasteiger partial charge on any atom is -0.268 e. The third-order valence-corrected chi connectivity index (χ3v) is 5.16. The minimum atomic E-state index is -2.27. The number of anilines is 1. The van der Waals surface area contributed by atoms with E-state index in [1.54, 1.807) is 12.1 Å². The highest BCUT2D eigenvalue weighted by Gasteiger charge is 2.49. The first-order valence-electron chi connectivity index (χ1n) is 8.55. The summed E-state index contributed by atoms with van der Waals surface area (Å²) in [5.41, 5.74) is 0.180. The fourth-order valence-electron chi connectivity index (χ4n) is 3.82. The van der Waals surface area contributed by atoms with Gasteiger partial charge in [0.25, 0.3) is 11.8 Å². The van der Waals surface area contributed by atoms with Crippen molar-refractivity contribution in [1.82, 2.24) is 0 Å². The van der Waals surface area contributed by atoms with Crippen molar-refractivity contribution < 1.29 is 27.2 Å². The molecule has 140 valence electrons. The van der Waals surface area contributed by atoms with Crippen molar-refractivity contribution in [3.05, 3.63) is 65.2 Å². The summed E-state index contributed by atoms with van der Waals surface area (Å²) in [5, 5.41) is 0. The van der Waals surface area contributed by atoms with E-state index in [2.05, 4.69) is 0 Å². The summed E-state index contributed by atoms with van der Waals surface area (Å²) in [6.07, 6.45) is -9.72. The first-order chi connectivity index (χ1) is 12.9. The average molecular weight is 377 g/mol. The van der Waals surface area contributed by atoms with Gasteiger partial charge in [-0.05, 0) is 23.8 Å². The number of alkyl halides is 4. The van der Waals surface area contributed by atoms with E-state index in [9.17, 15) is 27.2 Å². The van der Waals surface area contributed by atoms with Gasteiger partial charge in [0.05, 0.1) is 22.7 Å². The molecule has 1 aliphatic heterocycles. The Labute approximate surface area is 152 Å². The smallest absolute Gasteiger partial charge is 0.266 e. The Hall–Kier alpha value is -2.70. The number of rotatable bonds is 2. The number of carbonyl (C=O) groups excluding carboxylic acids is 2. The summed E-state index contributed by atoms with van der Waals surface area (Å²) in [4.78, 5) is 26.2. The zero-order valence-corrected chi connectivity index (χ0v) is 14.0. The molecule has 2 aliphatic rings. The molecule has 0 spiro atoms. The Bertz CT molecular complexity index is 869. The van der Waals surface area contributed by atoms with Crippen LogP contribution in [0.2, 0.25) is 0 Å². The topological polar surface area (TPSA) is 37.4 Å². The van der Waals surface area contributed by atoms with Crippen LogP contribution in [0.4, 0.5) is 23.2 Å². The van der Waals surface area contributed by atoms with Crippen molar-refractivity contribution in [2.24, 2.45) is 0 Å². The number of carbonyl (C=O) groups is 2. The molecular weight excluding hydrogens is 362 g/mol. The lowest BCUT2D eigenvalue weighted by molar-refractivity contribution is -0.00556. The highest BCUT2D eigenvalue weighted by molar-refractivity contribution is 6.34. The van der Waals surface area contributed by atoms with Gasteiger partial charge in [-0.15, -0.1) is 0 Å². The number of fused-ring (bicyclic) bond motifs is 1. The number of para-hydroxylation sites is 1. The molecule has 1 saturated carbocycles. The van der Waals surface area contributed by atoms with Crippen molar-refractivity contribution in [1.29, 1.82) is 0 Å². The van der Waals surface area contributed by atoms with Gasteiger partial charge in [-0.2, -0.15) is 0 Å². The molecule has 4 atom stereocenters. The molecule has 27 heavy (non-hydrogen) atoms. The number of nitrogens with zero attached hydrogens (tertiary/aromatic N) is 1. The zero-order valence-electron chi connectivity index (χ0n) is 14.0. The molecule has 2 aromatic carbocycles. The first kappa shape index (κ1) is 17.7. The highest BCUT2D eigenvalue weighted by atomic mass is 19.2. The van der Waals surface area contributed by atoms with Crippen LogP contribution in [0.1, 0.15) is 38.6 Å². The number of benzene rings is 2. The second-order valence-electron chi connectivity index (χ2n) is 6.73. The Balaban J connectivity index is 1.81. The van der Waals surface area contributed by atoms with Gasteiger partial charge in [-0.3, -0.25) is 9.59 Å². The molecule has 1 heterocycles. The van der Waals surface area contributed by atoms with Crippen LogP contribution < -0.4 is 4.90 Å². The molecule has 3 nitrogen and oxygen atoms in total. The van der Waals surface area contributed by atoms with Crippen molar-refractivity contribution in [2.45, 2.75) is 37.0 Å². The van der Waals surface area contributed by atoms with Gasteiger partial charge in [-0.25, -0.2) is 22.5 Å². The maximum atomic E-state index is 14.5. The molecule has 0 saturated heterocycles. The molecule has 0 bridgehead atoms. The average Bonchev–Trinajstić information content (AvgIpc) is 2.92. The number of halogens is 4. The molecule has 1 fully saturated rings. The third-order valence-electron chi connectivity index (χ3n) is 5.16.